The molecular weight excluding hydrogens is 192 g/mol. The Labute approximate surface area is 89.0 Å². The first-order valence-corrected chi connectivity index (χ1v) is 4.58. The van der Waals surface area contributed by atoms with Crippen LogP contribution >= 0.6 is 0 Å². The minimum absolute atomic E-state index is 0.268. The Balaban J connectivity index is 2.92. The Kier molecular flexibility index (Phi) is 3.22. The topological polar surface area (TPSA) is 73.0 Å². The van der Waals surface area contributed by atoms with E-state index in [9.17, 15) is 5.11 Å². The summed E-state index contributed by atoms with van der Waals surface area (Å²) in [5.74, 6) is 0.488. The molecule has 0 saturated carbocycles. The molecule has 0 fully saturated rings. The van der Waals surface area contributed by atoms with Crippen LogP contribution < -0.4 is 4.90 Å². The summed E-state index contributed by atoms with van der Waals surface area (Å²) in [5, 5.41) is 18.5. The second-order valence-electron chi connectivity index (χ2n) is 4.01. The van der Waals surface area contributed by atoms with Crippen LogP contribution in [0.2, 0.25) is 0 Å². The zero-order valence-electron chi connectivity index (χ0n) is 9.10. The highest BCUT2D eigenvalue weighted by atomic mass is 16.3. The highest BCUT2D eigenvalue weighted by molar-refractivity contribution is 5.48. The first kappa shape index (κ1) is 11.4. The van der Waals surface area contributed by atoms with Gasteiger partial charge in [-0.05, 0) is 13.8 Å². The molecule has 15 heavy (non-hydrogen) atoms. The van der Waals surface area contributed by atoms with Crippen LogP contribution in [0.1, 0.15) is 19.5 Å². The summed E-state index contributed by atoms with van der Waals surface area (Å²) in [4.78, 5) is 9.68. The molecule has 0 aromatic carbocycles. The molecule has 5 heteroatoms. The number of anilines is 1. The maximum atomic E-state index is 9.64. The zero-order valence-corrected chi connectivity index (χ0v) is 9.10. The van der Waals surface area contributed by atoms with E-state index in [0.29, 0.717) is 12.4 Å². The summed E-state index contributed by atoms with van der Waals surface area (Å²) in [6.07, 6.45) is 3.00. The highest BCUT2D eigenvalue weighted by Gasteiger charge is 2.18. The molecule has 0 aliphatic rings. The summed E-state index contributed by atoms with van der Waals surface area (Å²) >= 11 is 0. The SMILES string of the molecule is CN(CC(C)(C)O)c1nccnc1C#N. The van der Waals surface area contributed by atoms with Crippen molar-refractivity contribution in [3.8, 4) is 6.07 Å². The summed E-state index contributed by atoms with van der Waals surface area (Å²) in [6.45, 7) is 3.79. The predicted octanol–water partition coefficient (Wildman–Crippen LogP) is 0.555. The standard InChI is InChI=1S/C10H14N4O/c1-10(2,15)7-14(3)9-8(6-11)12-4-5-13-9/h4-5,15H,7H2,1-3H3. The van der Waals surface area contributed by atoms with E-state index in [0.717, 1.165) is 0 Å². The van der Waals surface area contributed by atoms with E-state index in [-0.39, 0.29) is 5.69 Å². The van der Waals surface area contributed by atoms with Crippen molar-refractivity contribution < 1.29 is 5.11 Å². The number of nitriles is 1. The van der Waals surface area contributed by atoms with Crippen molar-refractivity contribution in [1.29, 1.82) is 5.26 Å². The maximum absolute atomic E-state index is 9.64. The first-order chi connectivity index (χ1) is 6.94. The molecular formula is C10H14N4O. The van der Waals surface area contributed by atoms with Crippen LogP contribution in [-0.4, -0.2) is 34.3 Å². The van der Waals surface area contributed by atoms with Gasteiger partial charge in [-0.1, -0.05) is 0 Å². The summed E-state index contributed by atoms with van der Waals surface area (Å²) in [5.41, 5.74) is -0.567. The third-order valence-electron chi connectivity index (χ3n) is 1.77. The van der Waals surface area contributed by atoms with Crippen LogP contribution in [0.5, 0.6) is 0 Å². The largest absolute Gasteiger partial charge is 0.389 e. The van der Waals surface area contributed by atoms with Gasteiger partial charge in [-0.15, -0.1) is 0 Å². The quantitative estimate of drug-likeness (QED) is 0.782. The molecule has 0 bridgehead atoms. The Morgan fingerprint density at radius 3 is 2.60 bits per heavy atom. The minimum atomic E-state index is -0.834. The molecule has 0 aliphatic heterocycles. The van der Waals surface area contributed by atoms with Crippen LogP contribution in [-0.2, 0) is 0 Å². The molecule has 1 heterocycles. The van der Waals surface area contributed by atoms with Gasteiger partial charge in [0.2, 0.25) is 0 Å². The fourth-order valence-electron chi connectivity index (χ4n) is 1.34. The average molecular weight is 206 g/mol. The third kappa shape index (κ3) is 3.18. The smallest absolute Gasteiger partial charge is 0.183 e. The second kappa shape index (κ2) is 4.24. The summed E-state index contributed by atoms with van der Waals surface area (Å²) in [6, 6.07) is 1.97. The molecule has 1 aromatic heterocycles. The van der Waals surface area contributed by atoms with Crippen molar-refractivity contribution in [1.82, 2.24) is 9.97 Å². The van der Waals surface area contributed by atoms with Crippen LogP contribution in [0.3, 0.4) is 0 Å². The molecule has 0 aliphatic carbocycles. The molecule has 0 spiro atoms. The van der Waals surface area contributed by atoms with Crippen LogP contribution in [0.25, 0.3) is 0 Å². The number of hydrogen-bond acceptors (Lipinski definition) is 5. The predicted molar refractivity (Wildman–Crippen MR) is 56.3 cm³/mol. The molecule has 0 radical (unpaired) electrons. The van der Waals surface area contributed by atoms with Crippen molar-refractivity contribution in [2.45, 2.75) is 19.4 Å². The Hall–Kier alpha value is -1.67. The molecule has 0 unspecified atom stereocenters. The van der Waals surface area contributed by atoms with E-state index in [1.165, 1.54) is 12.4 Å². The van der Waals surface area contributed by atoms with Crippen LogP contribution in [0.4, 0.5) is 5.82 Å². The van der Waals surface area contributed by atoms with Crippen LogP contribution in [0, 0.1) is 11.3 Å². The average Bonchev–Trinajstić information content (AvgIpc) is 2.15. The van der Waals surface area contributed by atoms with Gasteiger partial charge in [0, 0.05) is 26.0 Å². The number of aliphatic hydroxyl groups is 1. The maximum Gasteiger partial charge on any atom is 0.183 e. The van der Waals surface area contributed by atoms with Gasteiger partial charge in [-0.2, -0.15) is 5.26 Å². The summed E-state index contributed by atoms with van der Waals surface area (Å²) < 4.78 is 0. The van der Waals surface area contributed by atoms with E-state index in [4.69, 9.17) is 5.26 Å². The fraction of sp³-hybridized carbons (Fsp3) is 0.500. The number of likely N-dealkylation sites (N-methyl/N-ethyl adjacent to an activating group) is 1. The van der Waals surface area contributed by atoms with E-state index in [1.54, 1.807) is 25.8 Å². The molecule has 80 valence electrons. The fourth-order valence-corrected chi connectivity index (χ4v) is 1.34. The van der Waals surface area contributed by atoms with Gasteiger partial charge in [-0.3, -0.25) is 0 Å². The van der Waals surface area contributed by atoms with E-state index >= 15 is 0 Å². The molecule has 0 amide bonds. The van der Waals surface area contributed by atoms with Gasteiger partial charge in [0.25, 0.3) is 0 Å². The van der Waals surface area contributed by atoms with Gasteiger partial charge in [0.15, 0.2) is 11.5 Å². The molecule has 5 nitrogen and oxygen atoms in total. The molecule has 1 N–H and O–H groups in total. The first-order valence-electron chi connectivity index (χ1n) is 4.58. The van der Waals surface area contributed by atoms with E-state index in [2.05, 4.69) is 9.97 Å². The van der Waals surface area contributed by atoms with Gasteiger partial charge in [0.1, 0.15) is 6.07 Å². The van der Waals surface area contributed by atoms with Gasteiger partial charge >= 0.3 is 0 Å². The van der Waals surface area contributed by atoms with Crippen molar-refractivity contribution in [2.75, 3.05) is 18.5 Å². The van der Waals surface area contributed by atoms with Gasteiger partial charge in [0.05, 0.1) is 5.60 Å². The Morgan fingerprint density at radius 2 is 2.07 bits per heavy atom. The Morgan fingerprint density at radius 1 is 1.47 bits per heavy atom. The number of aromatic nitrogens is 2. The molecule has 1 rings (SSSR count). The zero-order chi connectivity index (χ0) is 11.5. The van der Waals surface area contributed by atoms with Crippen molar-refractivity contribution in [3.05, 3.63) is 18.1 Å². The van der Waals surface area contributed by atoms with Gasteiger partial charge < -0.3 is 10.0 Å². The number of hydrogen-bond donors (Lipinski definition) is 1. The normalized spacial score (nSPS) is 10.9. The summed E-state index contributed by atoms with van der Waals surface area (Å²) in [7, 11) is 1.77. The monoisotopic (exact) mass is 206 g/mol. The van der Waals surface area contributed by atoms with Crippen molar-refractivity contribution in [3.63, 3.8) is 0 Å². The van der Waals surface area contributed by atoms with Crippen molar-refractivity contribution >= 4 is 5.82 Å². The highest BCUT2D eigenvalue weighted by Crippen LogP contribution is 2.14. The third-order valence-corrected chi connectivity index (χ3v) is 1.77. The lowest BCUT2D eigenvalue weighted by molar-refractivity contribution is 0.0884. The molecule has 0 atom stereocenters. The number of rotatable bonds is 3. The minimum Gasteiger partial charge on any atom is -0.389 e. The lowest BCUT2D eigenvalue weighted by Gasteiger charge is -2.26. The number of nitrogens with zero attached hydrogens (tertiary/aromatic N) is 4. The van der Waals surface area contributed by atoms with Crippen LogP contribution in [0.15, 0.2) is 12.4 Å². The van der Waals surface area contributed by atoms with E-state index in [1.807, 2.05) is 6.07 Å². The molecule has 0 saturated heterocycles. The van der Waals surface area contributed by atoms with Gasteiger partial charge in [-0.25, -0.2) is 9.97 Å². The lowest BCUT2D eigenvalue weighted by atomic mass is 10.1. The second-order valence-corrected chi connectivity index (χ2v) is 4.01. The van der Waals surface area contributed by atoms with E-state index < -0.39 is 5.60 Å². The Bertz CT molecular complexity index is 378. The van der Waals surface area contributed by atoms with Crippen molar-refractivity contribution in [2.24, 2.45) is 0 Å². The lowest BCUT2D eigenvalue weighted by Crippen LogP contribution is -2.37. The molecule has 1 aromatic rings.